The Labute approximate surface area is 242 Å². The number of hydrogen-bond donors (Lipinski definition) is 1. The molecule has 9 heteroatoms. The molecule has 1 aliphatic heterocycles. The molecule has 3 amide bonds. The highest BCUT2D eigenvalue weighted by Crippen LogP contribution is 2.55. The molecule has 2 aromatic rings. The van der Waals surface area contributed by atoms with Gasteiger partial charge in [0, 0.05) is 38.3 Å². The fourth-order valence-electron chi connectivity index (χ4n) is 7.97. The fraction of sp³-hybridized carbons (Fsp3) is 0.625. The van der Waals surface area contributed by atoms with Crippen molar-refractivity contribution in [2.45, 2.75) is 64.1 Å². The maximum atomic E-state index is 14.0. The van der Waals surface area contributed by atoms with Crippen molar-refractivity contribution in [3.05, 3.63) is 59.3 Å². The first-order valence-electron chi connectivity index (χ1n) is 15.3. The average molecular weight is 567 g/mol. The second-order valence-electron chi connectivity index (χ2n) is 12.9. The Bertz CT molecular complexity index is 1170. The molecule has 4 saturated carbocycles. The first-order chi connectivity index (χ1) is 19.8. The molecule has 8 nitrogen and oxygen atoms in total. The van der Waals surface area contributed by atoms with Gasteiger partial charge in [-0.25, -0.2) is 9.18 Å². The van der Waals surface area contributed by atoms with Crippen molar-refractivity contribution in [3.8, 4) is 0 Å². The van der Waals surface area contributed by atoms with Gasteiger partial charge in [0.1, 0.15) is 23.9 Å². The van der Waals surface area contributed by atoms with Gasteiger partial charge >= 0.3 is 6.03 Å². The van der Waals surface area contributed by atoms with E-state index < -0.39 is 0 Å². The Hall–Kier alpha value is -2.91. The Morgan fingerprint density at radius 3 is 2.22 bits per heavy atom. The number of nitrogens with one attached hydrogen (secondary N) is 1. The summed E-state index contributed by atoms with van der Waals surface area (Å²) in [6, 6.07) is 9.81. The van der Waals surface area contributed by atoms with E-state index in [9.17, 15) is 14.0 Å². The number of carbonyl (C=O) groups is 2. The molecule has 1 aromatic heterocycles. The summed E-state index contributed by atoms with van der Waals surface area (Å²) in [5.41, 5.74) is 0.687. The fourth-order valence-corrected chi connectivity index (χ4v) is 7.97. The lowest BCUT2D eigenvalue weighted by atomic mass is 9.53. The first-order valence-corrected chi connectivity index (χ1v) is 15.3. The second-order valence-corrected chi connectivity index (χ2v) is 12.9. The summed E-state index contributed by atoms with van der Waals surface area (Å²) >= 11 is 0. The van der Waals surface area contributed by atoms with Gasteiger partial charge in [-0.3, -0.25) is 9.69 Å². The van der Waals surface area contributed by atoms with Crippen LogP contribution in [0.25, 0.3) is 0 Å². The summed E-state index contributed by atoms with van der Waals surface area (Å²) in [6.07, 6.45) is 7.09. The minimum absolute atomic E-state index is 0.0244. The standard InChI is InChI=1S/C32H43FN4O4/c1-23-2-7-29(41-23)21-37(20-24-3-5-28(33)6-4-24)30(38)22-36(9-8-35-10-12-40-13-11-35)31(39)34-32-17-25-14-26(18-32)16-27(15-25)19-32/h2-7,25-27H,8-22H2,1H3,(H,34,39). The van der Waals surface area contributed by atoms with Crippen LogP contribution in [0, 0.1) is 30.5 Å². The van der Waals surface area contributed by atoms with Crippen LogP contribution in [0.1, 0.15) is 55.6 Å². The van der Waals surface area contributed by atoms with E-state index in [1.807, 2.05) is 19.1 Å². The van der Waals surface area contributed by atoms with E-state index in [1.54, 1.807) is 21.9 Å². The Kier molecular flexibility index (Phi) is 8.35. The van der Waals surface area contributed by atoms with Crippen LogP contribution < -0.4 is 5.32 Å². The summed E-state index contributed by atoms with van der Waals surface area (Å²) in [5.74, 6) is 3.12. The molecule has 1 N–H and O–H groups in total. The van der Waals surface area contributed by atoms with Crippen molar-refractivity contribution in [3.63, 3.8) is 0 Å². The van der Waals surface area contributed by atoms with Crippen LogP contribution in [0.15, 0.2) is 40.8 Å². The van der Waals surface area contributed by atoms with E-state index in [0.717, 1.165) is 43.7 Å². The number of morpholine rings is 1. The highest BCUT2D eigenvalue weighted by Gasteiger charge is 2.52. The molecule has 5 aliphatic rings. The van der Waals surface area contributed by atoms with Crippen LogP contribution >= 0.6 is 0 Å². The lowest BCUT2D eigenvalue weighted by molar-refractivity contribution is -0.133. The molecule has 0 atom stereocenters. The summed E-state index contributed by atoms with van der Waals surface area (Å²) in [7, 11) is 0. The molecule has 1 aromatic carbocycles. The zero-order valence-corrected chi connectivity index (χ0v) is 24.2. The molecule has 4 aliphatic carbocycles. The molecule has 222 valence electrons. The van der Waals surface area contributed by atoms with E-state index in [4.69, 9.17) is 9.15 Å². The van der Waals surface area contributed by atoms with Gasteiger partial charge in [-0.15, -0.1) is 0 Å². The van der Waals surface area contributed by atoms with Crippen molar-refractivity contribution < 1.29 is 23.1 Å². The second kappa shape index (κ2) is 12.1. The van der Waals surface area contributed by atoms with Crippen molar-refractivity contribution in [2.75, 3.05) is 45.9 Å². The Morgan fingerprint density at radius 1 is 0.951 bits per heavy atom. The average Bonchev–Trinajstić information content (AvgIpc) is 3.35. The molecule has 41 heavy (non-hydrogen) atoms. The number of rotatable bonds is 10. The topological polar surface area (TPSA) is 78.3 Å². The van der Waals surface area contributed by atoms with Crippen LogP contribution in [0.2, 0.25) is 0 Å². The normalized spacial score (nSPS) is 27.1. The third kappa shape index (κ3) is 6.95. The van der Waals surface area contributed by atoms with Crippen LogP contribution in [0.3, 0.4) is 0 Å². The number of carbonyl (C=O) groups excluding carboxylic acids is 2. The monoisotopic (exact) mass is 566 g/mol. The van der Waals surface area contributed by atoms with Crippen molar-refractivity contribution in [2.24, 2.45) is 17.8 Å². The number of hydrogen-bond acceptors (Lipinski definition) is 5. The lowest BCUT2D eigenvalue weighted by Gasteiger charge is -2.57. The zero-order chi connectivity index (χ0) is 28.4. The first kappa shape index (κ1) is 28.2. The highest BCUT2D eigenvalue weighted by atomic mass is 19.1. The summed E-state index contributed by atoms with van der Waals surface area (Å²) < 4.78 is 24.9. The molecule has 1 saturated heterocycles. The molecule has 5 fully saturated rings. The van der Waals surface area contributed by atoms with Gasteiger partial charge in [-0.1, -0.05) is 12.1 Å². The number of urea groups is 1. The predicted molar refractivity (Wildman–Crippen MR) is 152 cm³/mol. The molecular formula is C32H43FN4O4. The predicted octanol–water partition coefficient (Wildman–Crippen LogP) is 4.57. The smallest absolute Gasteiger partial charge is 0.318 e. The molecule has 0 unspecified atom stereocenters. The van der Waals surface area contributed by atoms with Gasteiger partial charge in [0.2, 0.25) is 5.91 Å². The maximum absolute atomic E-state index is 14.0. The molecular weight excluding hydrogens is 523 g/mol. The molecule has 2 heterocycles. The minimum atomic E-state index is -0.316. The van der Waals surface area contributed by atoms with Gasteiger partial charge in [-0.05, 0) is 93.0 Å². The maximum Gasteiger partial charge on any atom is 0.318 e. The van der Waals surface area contributed by atoms with Gasteiger partial charge < -0.3 is 24.3 Å². The number of nitrogens with zero attached hydrogens (tertiary/aromatic N) is 3. The molecule has 0 spiro atoms. The zero-order valence-electron chi connectivity index (χ0n) is 24.2. The van der Waals surface area contributed by atoms with Gasteiger partial charge in [0.05, 0.1) is 19.8 Å². The van der Waals surface area contributed by atoms with E-state index in [1.165, 1.54) is 31.4 Å². The number of amides is 3. The SMILES string of the molecule is Cc1ccc(CN(Cc2ccc(F)cc2)C(=O)CN(CCN2CCOCC2)C(=O)NC23CC4CC(CC(C4)C2)C3)o1. The quantitative estimate of drug-likeness (QED) is 0.456. The number of halogens is 1. The van der Waals surface area contributed by atoms with Gasteiger partial charge in [-0.2, -0.15) is 0 Å². The van der Waals surface area contributed by atoms with Gasteiger partial charge in [0.15, 0.2) is 0 Å². The van der Waals surface area contributed by atoms with Crippen molar-refractivity contribution >= 4 is 11.9 Å². The van der Waals surface area contributed by atoms with Crippen LogP contribution in [0.5, 0.6) is 0 Å². The van der Waals surface area contributed by atoms with Crippen molar-refractivity contribution in [1.29, 1.82) is 0 Å². The summed E-state index contributed by atoms with van der Waals surface area (Å²) in [5, 5.41) is 3.48. The van der Waals surface area contributed by atoms with Gasteiger partial charge in [0.25, 0.3) is 0 Å². The van der Waals surface area contributed by atoms with Crippen LogP contribution in [0.4, 0.5) is 9.18 Å². The Balaban J connectivity index is 1.18. The van der Waals surface area contributed by atoms with E-state index >= 15 is 0 Å². The molecule has 0 radical (unpaired) electrons. The summed E-state index contributed by atoms with van der Waals surface area (Å²) in [4.78, 5) is 33.6. The number of furan rings is 1. The molecule has 4 bridgehead atoms. The highest BCUT2D eigenvalue weighted by molar-refractivity contribution is 5.84. The number of benzene rings is 1. The minimum Gasteiger partial charge on any atom is -0.464 e. The van der Waals surface area contributed by atoms with Crippen LogP contribution in [-0.2, 0) is 22.6 Å². The largest absolute Gasteiger partial charge is 0.464 e. The van der Waals surface area contributed by atoms with Crippen LogP contribution in [-0.4, -0.2) is 78.1 Å². The third-order valence-corrected chi connectivity index (χ3v) is 9.60. The Morgan fingerprint density at radius 2 is 1.61 bits per heavy atom. The number of aryl methyl sites for hydroxylation is 1. The van der Waals surface area contributed by atoms with E-state index in [2.05, 4.69) is 10.2 Å². The van der Waals surface area contributed by atoms with E-state index in [-0.39, 0.29) is 36.4 Å². The third-order valence-electron chi connectivity index (χ3n) is 9.60. The number of ether oxygens (including phenoxy) is 1. The van der Waals surface area contributed by atoms with Crippen molar-refractivity contribution in [1.82, 2.24) is 20.0 Å². The summed E-state index contributed by atoms with van der Waals surface area (Å²) in [6.45, 7) is 6.61. The lowest BCUT2D eigenvalue weighted by Crippen LogP contribution is -2.62. The van der Waals surface area contributed by atoms with E-state index in [0.29, 0.717) is 56.4 Å². The molecule has 7 rings (SSSR count).